The Kier molecular flexibility index (Phi) is 5.16. The molecular weight excluding hydrogens is 230 g/mol. The van der Waals surface area contributed by atoms with Crippen molar-refractivity contribution in [1.82, 2.24) is 5.32 Å². The van der Waals surface area contributed by atoms with E-state index >= 15 is 0 Å². The first-order chi connectivity index (χ1) is 8.42. The van der Waals surface area contributed by atoms with Gasteiger partial charge in [-0.15, -0.1) is 0 Å². The fourth-order valence-electron chi connectivity index (χ4n) is 1.58. The largest absolute Gasteiger partial charge is 0.444 e. The molecule has 0 atom stereocenters. The molecule has 0 aliphatic heterocycles. The Morgan fingerprint density at radius 3 is 2.44 bits per heavy atom. The second-order valence-electron chi connectivity index (χ2n) is 5.10. The summed E-state index contributed by atoms with van der Waals surface area (Å²) in [6.07, 6.45) is 0.160. The number of benzene rings is 1. The maximum absolute atomic E-state index is 11.5. The molecule has 18 heavy (non-hydrogen) atoms. The van der Waals surface area contributed by atoms with Gasteiger partial charge >= 0.3 is 6.09 Å². The molecule has 0 saturated heterocycles. The van der Waals surface area contributed by atoms with Gasteiger partial charge in [-0.3, -0.25) is 0 Å². The van der Waals surface area contributed by atoms with Gasteiger partial charge in [0.2, 0.25) is 0 Å². The number of nitrogens with one attached hydrogen (secondary N) is 1. The smallest absolute Gasteiger partial charge is 0.407 e. The molecule has 0 bridgehead atoms. The molecule has 1 amide bonds. The molecule has 0 aliphatic rings. The maximum Gasteiger partial charge on any atom is 0.407 e. The number of carbonyl (C=O) groups excluding carboxylic acids is 1. The lowest BCUT2D eigenvalue weighted by Crippen LogP contribution is -2.32. The van der Waals surface area contributed by atoms with Gasteiger partial charge in [0.1, 0.15) is 5.60 Å². The summed E-state index contributed by atoms with van der Waals surface area (Å²) >= 11 is 0. The SMILES string of the molecule is CC(C)(C)OC(=O)NCc1ccccc1CCO. The van der Waals surface area contributed by atoms with Gasteiger partial charge in [-0.05, 0) is 38.3 Å². The van der Waals surface area contributed by atoms with Gasteiger partial charge in [0.05, 0.1) is 0 Å². The van der Waals surface area contributed by atoms with E-state index in [2.05, 4.69) is 5.32 Å². The molecule has 4 heteroatoms. The average molecular weight is 251 g/mol. The van der Waals surface area contributed by atoms with Crippen LogP contribution in [0.5, 0.6) is 0 Å². The van der Waals surface area contributed by atoms with Crippen LogP contribution in [0, 0.1) is 0 Å². The van der Waals surface area contributed by atoms with Crippen LogP contribution in [0.3, 0.4) is 0 Å². The normalized spacial score (nSPS) is 11.1. The Bertz CT molecular complexity index is 396. The lowest BCUT2D eigenvalue weighted by Gasteiger charge is -2.20. The summed E-state index contributed by atoms with van der Waals surface area (Å²) in [5.41, 5.74) is 1.54. The van der Waals surface area contributed by atoms with Crippen molar-refractivity contribution in [3.8, 4) is 0 Å². The molecule has 0 fully saturated rings. The van der Waals surface area contributed by atoms with Crippen LogP contribution in [-0.4, -0.2) is 23.4 Å². The summed E-state index contributed by atoms with van der Waals surface area (Å²) < 4.78 is 5.16. The Labute approximate surface area is 108 Å². The first-order valence-electron chi connectivity index (χ1n) is 6.07. The van der Waals surface area contributed by atoms with Gasteiger partial charge in [0, 0.05) is 13.2 Å². The number of alkyl carbamates (subject to hydrolysis) is 1. The van der Waals surface area contributed by atoms with Gasteiger partial charge in [0.25, 0.3) is 0 Å². The van der Waals surface area contributed by atoms with Crippen molar-refractivity contribution in [2.24, 2.45) is 0 Å². The number of aliphatic hydroxyl groups is 1. The minimum Gasteiger partial charge on any atom is -0.444 e. The van der Waals surface area contributed by atoms with Gasteiger partial charge in [0.15, 0.2) is 0 Å². The fourth-order valence-corrected chi connectivity index (χ4v) is 1.58. The summed E-state index contributed by atoms with van der Waals surface area (Å²) in [5.74, 6) is 0. The zero-order valence-corrected chi connectivity index (χ0v) is 11.2. The van der Waals surface area contributed by atoms with Crippen LogP contribution < -0.4 is 5.32 Å². The highest BCUT2D eigenvalue weighted by atomic mass is 16.6. The molecule has 100 valence electrons. The van der Waals surface area contributed by atoms with Crippen molar-refractivity contribution in [3.63, 3.8) is 0 Å². The van der Waals surface area contributed by atoms with Gasteiger partial charge in [-0.1, -0.05) is 24.3 Å². The first-order valence-corrected chi connectivity index (χ1v) is 6.07. The highest BCUT2D eigenvalue weighted by Crippen LogP contribution is 2.10. The molecule has 2 N–H and O–H groups in total. The molecule has 4 nitrogen and oxygen atoms in total. The van der Waals surface area contributed by atoms with Crippen LogP contribution in [0.25, 0.3) is 0 Å². The highest BCUT2D eigenvalue weighted by molar-refractivity contribution is 5.67. The number of amides is 1. The molecule has 1 rings (SSSR count). The summed E-state index contributed by atoms with van der Waals surface area (Å²) in [6, 6.07) is 7.71. The van der Waals surface area contributed by atoms with E-state index in [1.54, 1.807) is 0 Å². The number of rotatable bonds is 4. The van der Waals surface area contributed by atoms with Crippen molar-refractivity contribution >= 4 is 6.09 Å². The predicted octanol–water partition coefficient (Wildman–Crippen LogP) is 2.25. The van der Waals surface area contributed by atoms with E-state index in [0.29, 0.717) is 13.0 Å². The van der Waals surface area contributed by atoms with Gasteiger partial charge < -0.3 is 15.2 Å². The third-order valence-corrected chi connectivity index (χ3v) is 2.32. The second kappa shape index (κ2) is 6.40. The van der Waals surface area contributed by atoms with Crippen molar-refractivity contribution < 1.29 is 14.6 Å². The minimum atomic E-state index is -0.491. The molecule has 0 radical (unpaired) electrons. The number of carbonyl (C=O) groups is 1. The Balaban J connectivity index is 2.55. The molecular formula is C14H21NO3. The van der Waals surface area contributed by atoms with E-state index in [-0.39, 0.29) is 6.61 Å². The van der Waals surface area contributed by atoms with E-state index in [4.69, 9.17) is 9.84 Å². The Morgan fingerprint density at radius 1 is 1.28 bits per heavy atom. The number of hydrogen-bond acceptors (Lipinski definition) is 3. The standard InChI is InChI=1S/C14H21NO3/c1-14(2,3)18-13(17)15-10-12-7-5-4-6-11(12)8-9-16/h4-7,16H,8-10H2,1-3H3,(H,15,17). The molecule has 0 unspecified atom stereocenters. The fraction of sp³-hybridized carbons (Fsp3) is 0.500. The van der Waals surface area contributed by atoms with Crippen molar-refractivity contribution in [2.45, 2.75) is 39.3 Å². The predicted molar refractivity (Wildman–Crippen MR) is 70.3 cm³/mol. The summed E-state index contributed by atoms with van der Waals surface area (Å²) in [4.78, 5) is 11.5. The first kappa shape index (κ1) is 14.5. The van der Waals surface area contributed by atoms with E-state index in [1.807, 2.05) is 45.0 Å². The van der Waals surface area contributed by atoms with Crippen LogP contribution in [0.4, 0.5) is 4.79 Å². The van der Waals surface area contributed by atoms with Crippen molar-refractivity contribution in [2.75, 3.05) is 6.61 Å². The van der Waals surface area contributed by atoms with Gasteiger partial charge in [-0.25, -0.2) is 4.79 Å². The molecule has 1 aromatic rings. The van der Waals surface area contributed by atoms with E-state index in [0.717, 1.165) is 11.1 Å². The lowest BCUT2D eigenvalue weighted by molar-refractivity contribution is 0.0523. The maximum atomic E-state index is 11.5. The molecule has 0 aromatic heterocycles. The van der Waals surface area contributed by atoms with Crippen LogP contribution >= 0.6 is 0 Å². The van der Waals surface area contributed by atoms with Crippen LogP contribution in [0.2, 0.25) is 0 Å². The number of aliphatic hydroxyl groups excluding tert-OH is 1. The monoisotopic (exact) mass is 251 g/mol. The second-order valence-corrected chi connectivity index (χ2v) is 5.10. The molecule has 0 aliphatic carbocycles. The quantitative estimate of drug-likeness (QED) is 0.863. The van der Waals surface area contributed by atoms with Crippen LogP contribution in [0.1, 0.15) is 31.9 Å². The van der Waals surface area contributed by atoms with Crippen molar-refractivity contribution in [3.05, 3.63) is 35.4 Å². The molecule has 0 heterocycles. The third kappa shape index (κ3) is 5.19. The molecule has 0 spiro atoms. The highest BCUT2D eigenvalue weighted by Gasteiger charge is 2.15. The van der Waals surface area contributed by atoms with E-state index < -0.39 is 11.7 Å². The van der Waals surface area contributed by atoms with Crippen molar-refractivity contribution in [1.29, 1.82) is 0 Å². The Morgan fingerprint density at radius 2 is 1.89 bits per heavy atom. The third-order valence-electron chi connectivity index (χ3n) is 2.32. The molecule has 1 aromatic carbocycles. The topological polar surface area (TPSA) is 58.6 Å². The number of hydrogen-bond donors (Lipinski definition) is 2. The van der Waals surface area contributed by atoms with E-state index in [1.165, 1.54) is 0 Å². The summed E-state index contributed by atoms with van der Waals surface area (Å²) in [5, 5.41) is 11.7. The van der Waals surface area contributed by atoms with E-state index in [9.17, 15) is 4.79 Å². The average Bonchev–Trinajstić information content (AvgIpc) is 2.26. The lowest BCUT2D eigenvalue weighted by atomic mass is 10.1. The summed E-state index contributed by atoms with van der Waals surface area (Å²) in [7, 11) is 0. The molecule has 0 saturated carbocycles. The minimum absolute atomic E-state index is 0.101. The summed E-state index contributed by atoms with van der Waals surface area (Å²) in [6.45, 7) is 5.99. The number of ether oxygens (including phenoxy) is 1. The van der Waals surface area contributed by atoms with Gasteiger partial charge in [-0.2, -0.15) is 0 Å². The zero-order chi connectivity index (χ0) is 13.6. The van der Waals surface area contributed by atoms with Crippen LogP contribution in [0.15, 0.2) is 24.3 Å². The zero-order valence-electron chi connectivity index (χ0n) is 11.2. The van der Waals surface area contributed by atoms with Crippen LogP contribution in [-0.2, 0) is 17.7 Å². The Hall–Kier alpha value is -1.55.